The second-order valence-electron chi connectivity index (χ2n) is 6.30. The predicted molar refractivity (Wildman–Crippen MR) is 98.9 cm³/mol. The predicted octanol–water partition coefficient (Wildman–Crippen LogP) is 4.13. The van der Waals surface area contributed by atoms with Crippen molar-refractivity contribution >= 4 is 40.2 Å². The zero-order valence-corrected chi connectivity index (χ0v) is 15.0. The van der Waals surface area contributed by atoms with Gasteiger partial charge >= 0.3 is 5.97 Å². The number of imidazole rings is 1. The topological polar surface area (TPSA) is 81.9 Å². The first-order valence-corrected chi connectivity index (χ1v) is 8.89. The summed E-state index contributed by atoms with van der Waals surface area (Å²) in [5.41, 5.74) is 2.53. The summed E-state index contributed by atoms with van der Waals surface area (Å²) in [7, 11) is 1.35. The Morgan fingerprint density at radius 1 is 1.31 bits per heavy atom. The van der Waals surface area contributed by atoms with Crippen molar-refractivity contribution in [2.24, 2.45) is 0 Å². The Labute approximate surface area is 155 Å². The number of nitrogens with zero attached hydrogens (tertiary/aromatic N) is 4. The maximum absolute atomic E-state index is 11.7. The van der Waals surface area contributed by atoms with Crippen LogP contribution < -0.4 is 5.32 Å². The molecule has 1 aliphatic rings. The number of carbonyl (C=O) groups excluding carboxylic acids is 1. The second kappa shape index (κ2) is 6.92. The molecule has 0 spiro atoms. The maximum atomic E-state index is 11.7. The summed E-state index contributed by atoms with van der Waals surface area (Å²) in [5, 5.41) is 3.35. The van der Waals surface area contributed by atoms with Gasteiger partial charge in [-0.25, -0.2) is 9.78 Å². The number of esters is 1. The van der Waals surface area contributed by atoms with Crippen LogP contribution in [0.15, 0.2) is 30.6 Å². The lowest BCUT2D eigenvalue weighted by Crippen LogP contribution is -2.05. The van der Waals surface area contributed by atoms with Gasteiger partial charge in [-0.3, -0.25) is 0 Å². The number of hydrogen-bond acceptors (Lipinski definition) is 6. The van der Waals surface area contributed by atoms with Gasteiger partial charge in [-0.15, -0.1) is 0 Å². The lowest BCUT2D eigenvalue weighted by atomic mass is 10.2. The molecule has 7 nitrogen and oxygen atoms in total. The smallest absolute Gasteiger partial charge is 0.337 e. The van der Waals surface area contributed by atoms with E-state index in [-0.39, 0.29) is 5.28 Å². The number of rotatable bonds is 4. The van der Waals surface area contributed by atoms with Crippen molar-refractivity contribution in [2.75, 3.05) is 12.4 Å². The summed E-state index contributed by atoms with van der Waals surface area (Å²) in [6.07, 6.45) is 6.49. The zero-order valence-electron chi connectivity index (χ0n) is 14.3. The van der Waals surface area contributed by atoms with E-state index >= 15 is 0 Å². The largest absolute Gasteiger partial charge is 0.465 e. The summed E-state index contributed by atoms with van der Waals surface area (Å²) < 4.78 is 6.85. The molecule has 0 bridgehead atoms. The van der Waals surface area contributed by atoms with Crippen LogP contribution in [0, 0.1) is 0 Å². The number of benzene rings is 1. The van der Waals surface area contributed by atoms with E-state index in [2.05, 4.69) is 24.8 Å². The van der Waals surface area contributed by atoms with E-state index in [9.17, 15) is 4.79 Å². The Bertz CT molecular complexity index is 965. The minimum Gasteiger partial charge on any atom is -0.465 e. The Hall–Kier alpha value is -2.67. The van der Waals surface area contributed by atoms with Crippen molar-refractivity contribution < 1.29 is 9.53 Å². The van der Waals surface area contributed by atoms with Crippen molar-refractivity contribution in [2.45, 2.75) is 31.7 Å². The number of nitrogens with one attached hydrogen (secondary N) is 1. The van der Waals surface area contributed by atoms with E-state index < -0.39 is 5.97 Å². The molecule has 0 radical (unpaired) electrons. The fourth-order valence-electron chi connectivity index (χ4n) is 3.41. The third-order valence-corrected chi connectivity index (χ3v) is 4.83. The van der Waals surface area contributed by atoms with Crippen LogP contribution in [-0.4, -0.2) is 32.6 Å². The number of anilines is 2. The molecule has 1 saturated carbocycles. The first-order valence-electron chi connectivity index (χ1n) is 8.51. The monoisotopic (exact) mass is 371 g/mol. The van der Waals surface area contributed by atoms with Crippen LogP contribution in [0.5, 0.6) is 0 Å². The van der Waals surface area contributed by atoms with Crippen molar-refractivity contribution in [3.63, 3.8) is 0 Å². The van der Waals surface area contributed by atoms with E-state index in [0.717, 1.165) is 18.5 Å². The van der Waals surface area contributed by atoms with Gasteiger partial charge in [0.05, 0.1) is 19.0 Å². The van der Waals surface area contributed by atoms with Crippen LogP contribution in [-0.2, 0) is 4.74 Å². The Balaban J connectivity index is 1.72. The van der Waals surface area contributed by atoms with Gasteiger partial charge in [0.2, 0.25) is 5.28 Å². The molecule has 0 amide bonds. The molecule has 0 saturated heterocycles. The second-order valence-corrected chi connectivity index (χ2v) is 6.64. The average Bonchev–Trinajstić information content (AvgIpc) is 3.30. The minimum absolute atomic E-state index is 0.156. The molecule has 1 fully saturated rings. The summed E-state index contributed by atoms with van der Waals surface area (Å²) in [6.45, 7) is 0. The third-order valence-electron chi connectivity index (χ3n) is 4.66. The molecule has 8 heteroatoms. The van der Waals surface area contributed by atoms with Crippen molar-refractivity contribution in [3.8, 4) is 0 Å². The SMILES string of the molecule is COC(=O)c1cccc(Nc2nc(Cl)nc3c2ncn3C2CCCC2)c1. The number of carbonyl (C=O) groups is 1. The highest BCUT2D eigenvalue weighted by Crippen LogP contribution is 2.33. The van der Waals surface area contributed by atoms with Gasteiger partial charge in [-0.05, 0) is 42.6 Å². The molecule has 4 rings (SSSR count). The van der Waals surface area contributed by atoms with Gasteiger partial charge < -0.3 is 14.6 Å². The Morgan fingerprint density at radius 3 is 2.88 bits per heavy atom. The van der Waals surface area contributed by atoms with Crippen molar-refractivity contribution in [3.05, 3.63) is 41.4 Å². The summed E-state index contributed by atoms with van der Waals surface area (Å²) in [6, 6.07) is 7.39. The standard InChI is InChI=1S/C18H18ClN5O2/c1-26-17(25)11-5-4-6-12(9-11)21-15-14-16(23-18(19)22-15)24(10-20-14)13-7-2-3-8-13/h4-6,9-10,13H,2-3,7-8H2,1H3,(H,21,22,23). The van der Waals surface area contributed by atoms with Crippen LogP contribution in [0.25, 0.3) is 11.2 Å². The molecule has 0 aliphatic heterocycles. The molecular formula is C18H18ClN5O2. The Kier molecular flexibility index (Phi) is 4.46. The molecule has 26 heavy (non-hydrogen) atoms. The minimum atomic E-state index is -0.398. The molecule has 1 N–H and O–H groups in total. The van der Waals surface area contributed by atoms with E-state index in [1.54, 1.807) is 18.2 Å². The van der Waals surface area contributed by atoms with Crippen LogP contribution in [0.2, 0.25) is 5.28 Å². The number of halogens is 1. The highest BCUT2D eigenvalue weighted by molar-refractivity contribution is 6.28. The molecule has 134 valence electrons. The summed E-state index contributed by atoms with van der Waals surface area (Å²) >= 11 is 6.15. The van der Waals surface area contributed by atoms with E-state index in [1.807, 2.05) is 12.4 Å². The molecule has 1 aliphatic carbocycles. The number of ether oxygens (including phenoxy) is 1. The highest BCUT2D eigenvalue weighted by atomic mass is 35.5. The average molecular weight is 372 g/mol. The Morgan fingerprint density at radius 2 is 2.12 bits per heavy atom. The lowest BCUT2D eigenvalue weighted by Gasteiger charge is -2.12. The van der Waals surface area contributed by atoms with Crippen LogP contribution in [0.3, 0.4) is 0 Å². The fourth-order valence-corrected chi connectivity index (χ4v) is 3.57. The van der Waals surface area contributed by atoms with E-state index in [0.29, 0.717) is 28.6 Å². The van der Waals surface area contributed by atoms with Gasteiger partial charge in [0.25, 0.3) is 0 Å². The van der Waals surface area contributed by atoms with Crippen LogP contribution in [0.4, 0.5) is 11.5 Å². The van der Waals surface area contributed by atoms with Gasteiger partial charge in [-0.2, -0.15) is 9.97 Å². The van der Waals surface area contributed by atoms with E-state index in [4.69, 9.17) is 16.3 Å². The highest BCUT2D eigenvalue weighted by Gasteiger charge is 2.21. The third kappa shape index (κ3) is 3.10. The normalized spacial score (nSPS) is 14.7. The molecule has 0 unspecified atom stereocenters. The maximum Gasteiger partial charge on any atom is 0.337 e. The summed E-state index contributed by atoms with van der Waals surface area (Å²) in [4.78, 5) is 24.9. The molecule has 0 atom stereocenters. The number of hydrogen-bond donors (Lipinski definition) is 1. The zero-order chi connectivity index (χ0) is 18.1. The fraction of sp³-hybridized carbons (Fsp3) is 0.333. The van der Waals surface area contributed by atoms with Crippen molar-refractivity contribution in [1.29, 1.82) is 0 Å². The van der Waals surface area contributed by atoms with Gasteiger partial charge in [0.1, 0.15) is 0 Å². The number of methoxy groups -OCH3 is 1. The molecule has 3 aromatic rings. The molecular weight excluding hydrogens is 354 g/mol. The molecule has 1 aromatic carbocycles. The summed E-state index contributed by atoms with van der Waals surface area (Å²) in [5.74, 6) is 0.115. The van der Waals surface area contributed by atoms with Crippen molar-refractivity contribution in [1.82, 2.24) is 19.5 Å². The first kappa shape index (κ1) is 16.8. The van der Waals surface area contributed by atoms with E-state index in [1.165, 1.54) is 20.0 Å². The number of fused-ring (bicyclic) bond motifs is 1. The lowest BCUT2D eigenvalue weighted by molar-refractivity contribution is 0.0601. The van der Waals surface area contributed by atoms with Crippen LogP contribution in [0.1, 0.15) is 42.1 Å². The molecule has 2 aromatic heterocycles. The quantitative estimate of drug-likeness (QED) is 0.548. The molecule has 2 heterocycles. The number of aromatic nitrogens is 4. The van der Waals surface area contributed by atoms with Crippen LogP contribution >= 0.6 is 11.6 Å². The first-order chi connectivity index (χ1) is 12.7. The van der Waals surface area contributed by atoms with Gasteiger partial charge in [0.15, 0.2) is 17.0 Å². The van der Waals surface area contributed by atoms with Gasteiger partial charge in [-0.1, -0.05) is 18.9 Å². The van der Waals surface area contributed by atoms with Gasteiger partial charge in [0, 0.05) is 11.7 Å².